The highest BCUT2D eigenvalue weighted by Crippen LogP contribution is 2.61. The van der Waals surface area contributed by atoms with Gasteiger partial charge in [-0.25, -0.2) is 4.98 Å². The van der Waals surface area contributed by atoms with Gasteiger partial charge in [-0.1, -0.05) is 11.6 Å². The predicted octanol–water partition coefficient (Wildman–Crippen LogP) is 4.56. The van der Waals surface area contributed by atoms with Gasteiger partial charge in [-0.15, -0.1) is 11.3 Å². The topological polar surface area (TPSA) is 12.9 Å². The molecule has 5 rings (SSSR count). The Hall–Kier alpha value is -0.0800. The van der Waals surface area contributed by atoms with Crippen LogP contribution in [-0.2, 0) is 6.42 Å². The third kappa shape index (κ3) is 1.84. The quantitative estimate of drug-likeness (QED) is 0.766. The van der Waals surface area contributed by atoms with Crippen molar-refractivity contribution < 1.29 is 0 Å². The van der Waals surface area contributed by atoms with E-state index in [2.05, 4.69) is 10.4 Å². The van der Waals surface area contributed by atoms with Gasteiger partial charge in [-0.2, -0.15) is 0 Å². The van der Waals surface area contributed by atoms with E-state index in [4.69, 9.17) is 11.6 Å². The monoisotopic (exact) mass is 267 g/mol. The third-order valence-corrected chi connectivity index (χ3v) is 6.27. The molecule has 0 aliphatic heterocycles. The van der Waals surface area contributed by atoms with Gasteiger partial charge in [0.1, 0.15) is 0 Å². The molecule has 1 aromatic heterocycles. The van der Waals surface area contributed by atoms with Crippen molar-refractivity contribution in [1.29, 1.82) is 0 Å². The molecular formula is C14H18ClNS. The Morgan fingerprint density at radius 2 is 1.76 bits per heavy atom. The molecule has 0 atom stereocenters. The highest BCUT2D eigenvalue weighted by molar-refractivity contribution is 7.13. The van der Waals surface area contributed by atoms with E-state index in [-0.39, 0.29) is 0 Å². The van der Waals surface area contributed by atoms with Gasteiger partial charge in [0.25, 0.3) is 0 Å². The lowest BCUT2D eigenvalue weighted by atomic mass is 9.48. The summed E-state index contributed by atoms with van der Waals surface area (Å²) in [6.45, 7) is 0. The van der Waals surface area contributed by atoms with E-state index in [0.717, 1.165) is 17.8 Å². The molecule has 0 spiro atoms. The molecule has 92 valence electrons. The molecule has 4 bridgehead atoms. The SMILES string of the molecule is Clc1nc(CC23CC4CC(CC(C4)C2)C3)cs1. The molecule has 0 saturated heterocycles. The number of hydrogen-bond acceptors (Lipinski definition) is 2. The van der Waals surface area contributed by atoms with E-state index in [9.17, 15) is 0 Å². The molecule has 0 radical (unpaired) electrons. The number of hydrogen-bond donors (Lipinski definition) is 0. The van der Waals surface area contributed by atoms with Crippen molar-refractivity contribution in [2.45, 2.75) is 44.9 Å². The molecule has 4 aliphatic rings. The predicted molar refractivity (Wildman–Crippen MR) is 71.4 cm³/mol. The summed E-state index contributed by atoms with van der Waals surface area (Å²) in [6.07, 6.45) is 10.2. The second-order valence-corrected chi connectivity index (χ2v) is 8.13. The van der Waals surface area contributed by atoms with Crippen molar-refractivity contribution in [3.05, 3.63) is 15.5 Å². The van der Waals surface area contributed by atoms with Crippen LogP contribution in [0.3, 0.4) is 0 Å². The van der Waals surface area contributed by atoms with Gasteiger partial charge in [0.15, 0.2) is 4.47 Å². The Bertz CT molecular complexity index is 404. The molecule has 3 heteroatoms. The van der Waals surface area contributed by atoms with Gasteiger partial charge in [0.05, 0.1) is 5.69 Å². The van der Waals surface area contributed by atoms with Crippen LogP contribution in [0.5, 0.6) is 0 Å². The van der Waals surface area contributed by atoms with Gasteiger partial charge < -0.3 is 0 Å². The highest BCUT2D eigenvalue weighted by Gasteiger charge is 2.50. The first kappa shape index (κ1) is 10.8. The van der Waals surface area contributed by atoms with Crippen LogP contribution >= 0.6 is 22.9 Å². The first-order chi connectivity index (χ1) is 8.21. The van der Waals surface area contributed by atoms with E-state index in [1.165, 1.54) is 50.6 Å². The second-order valence-electron chi connectivity index (χ2n) is 6.69. The summed E-state index contributed by atoms with van der Waals surface area (Å²) in [4.78, 5) is 4.47. The molecule has 4 saturated carbocycles. The first-order valence-electron chi connectivity index (χ1n) is 6.81. The number of rotatable bonds is 2. The first-order valence-corrected chi connectivity index (χ1v) is 8.06. The molecule has 0 aromatic carbocycles. The Labute approximate surface area is 112 Å². The summed E-state index contributed by atoms with van der Waals surface area (Å²) in [6, 6.07) is 0. The Kier molecular flexibility index (Phi) is 2.36. The Balaban J connectivity index is 1.60. The number of aromatic nitrogens is 1. The molecule has 0 N–H and O–H groups in total. The zero-order valence-electron chi connectivity index (χ0n) is 9.99. The number of thiazole rings is 1. The smallest absolute Gasteiger partial charge is 0.183 e. The van der Waals surface area contributed by atoms with Crippen LogP contribution < -0.4 is 0 Å². The van der Waals surface area contributed by atoms with Crippen LogP contribution in [0, 0.1) is 23.2 Å². The lowest BCUT2D eigenvalue weighted by molar-refractivity contribution is -0.0525. The lowest BCUT2D eigenvalue weighted by Gasteiger charge is -2.56. The van der Waals surface area contributed by atoms with E-state index in [1.807, 2.05) is 0 Å². The zero-order chi connectivity index (χ0) is 11.5. The molecular weight excluding hydrogens is 250 g/mol. The molecule has 4 fully saturated rings. The van der Waals surface area contributed by atoms with E-state index in [1.54, 1.807) is 11.3 Å². The zero-order valence-corrected chi connectivity index (χ0v) is 11.6. The minimum atomic E-state index is 0.603. The maximum absolute atomic E-state index is 5.95. The summed E-state index contributed by atoms with van der Waals surface area (Å²) in [5, 5.41) is 2.17. The van der Waals surface area contributed by atoms with Crippen molar-refractivity contribution in [3.63, 3.8) is 0 Å². The summed E-state index contributed by atoms with van der Waals surface area (Å²) in [7, 11) is 0. The van der Waals surface area contributed by atoms with Gasteiger partial charge in [0, 0.05) is 5.38 Å². The second kappa shape index (κ2) is 3.71. The minimum Gasteiger partial charge on any atom is -0.230 e. The Morgan fingerprint density at radius 3 is 2.24 bits per heavy atom. The number of halogens is 1. The van der Waals surface area contributed by atoms with Crippen molar-refractivity contribution >= 4 is 22.9 Å². The highest BCUT2D eigenvalue weighted by atomic mass is 35.5. The van der Waals surface area contributed by atoms with Gasteiger partial charge in [-0.3, -0.25) is 0 Å². The van der Waals surface area contributed by atoms with Crippen LogP contribution in [0.25, 0.3) is 0 Å². The van der Waals surface area contributed by atoms with Crippen LogP contribution in [-0.4, -0.2) is 4.98 Å². The normalized spacial score (nSPS) is 43.2. The molecule has 1 heterocycles. The van der Waals surface area contributed by atoms with Crippen molar-refractivity contribution in [2.75, 3.05) is 0 Å². The lowest BCUT2D eigenvalue weighted by Crippen LogP contribution is -2.47. The average molecular weight is 268 g/mol. The van der Waals surface area contributed by atoms with Crippen LogP contribution in [0.1, 0.15) is 44.2 Å². The van der Waals surface area contributed by atoms with Gasteiger partial charge in [-0.05, 0) is 68.1 Å². The van der Waals surface area contributed by atoms with Crippen LogP contribution in [0.4, 0.5) is 0 Å². The summed E-state index contributed by atoms with van der Waals surface area (Å²) < 4.78 is 0.713. The van der Waals surface area contributed by atoms with Crippen LogP contribution in [0.2, 0.25) is 4.47 Å². The minimum absolute atomic E-state index is 0.603. The maximum atomic E-state index is 5.95. The molecule has 0 unspecified atom stereocenters. The van der Waals surface area contributed by atoms with Gasteiger partial charge >= 0.3 is 0 Å². The maximum Gasteiger partial charge on any atom is 0.183 e. The molecule has 4 aliphatic carbocycles. The third-order valence-electron chi connectivity index (χ3n) is 5.24. The fourth-order valence-corrected chi connectivity index (χ4v) is 6.04. The van der Waals surface area contributed by atoms with E-state index >= 15 is 0 Å². The van der Waals surface area contributed by atoms with Gasteiger partial charge in [0.2, 0.25) is 0 Å². The van der Waals surface area contributed by atoms with E-state index in [0.29, 0.717) is 9.88 Å². The molecule has 1 nitrogen and oxygen atoms in total. The van der Waals surface area contributed by atoms with E-state index < -0.39 is 0 Å². The standard InChI is InChI=1S/C14H18ClNS/c15-13-16-12(8-17-13)7-14-4-9-1-10(5-14)3-11(2-9)6-14/h8-11H,1-7H2. The van der Waals surface area contributed by atoms with Crippen molar-refractivity contribution in [2.24, 2.45) is 23.2 Å². The molecule has 17 heavy (non-hydrogen) atoms. The molecule has 1 aromatic rings. The fourth-order valence-electron chi connectivity index (χ4n) is 5.25. The summed E-state index contributed by atoms with van der Waals surface area (Å²) >= 11 is 7.54. The number of nitrogens with zero attached hydrogens (tertiary/aromatic N) is 1. The van der Waals surface area contributed by atoms with Crippen LogP contribution in [0.15, 0.2) is 5.38 Å². The van der Waals surface area contributed by atoms with Crippen molar-refractivity contribution in [1.82, 2.24) is 4.98 Å². The fraction of sp³-hybridized carbons (Fsp3) is 0.786. The average Bonchev–Trinajstić information content (AvgIpc) is 2.60. The molecule has 0 amide bonds. The summed E-state index contributed by atoms with van der Waals surface area (Å²) in [5.41, 5.74) is 1.86. The largest absolute Gasteiger partial charge is 0.230 e. The van der Waals surface area contributed by atoms with Crippen molar-refractivity contribution in [3.8, 4) is 0 Å². The Morgan fingerprint density at radius 1 is 1.18 bits per heavy atom. The summed E-state index contributed by atoms with van der Waals surface area (Å²) in [5.74, 6) is 3.11.